The van der Waals surface area contributed by atoms with E-state index in [1.807, 2.05) is 6.92 Å². The first-order chi connectivity index (χ1) is 11.7. The van der Waals surface area contributed by atoms with E-state index in [9.17, 15) is 9.90 Å². The van der Waals surface area contributed by atoms with Crippen LogP contribution in [0.1, 0.15) is 55.8 Å². The SMILES string of the molecule is CCC(=O)c1ccc(OC[C@@H](O)CNCCC2=CCCCC2)cc1. The first kappa shape index (κ1) is 18.7. The van der Waals surface area contributed by atoms with Crippen molar-refractivity contribution in [3.63, 3.8) is 0 Å². The minimum absolute atomic E-state index is 0.124. The number of hydrogen-bond acceptors (Lipinski definition) is 4. The molecule has 1 atom stereocenters. The number of nitrogens with one attached hydrogen (secondary N) is 1. The maximum atomic E-state index is 11.6. The van der Waals surface area contributed by atoms with E-state index in [4.69, 9.17) is 4.74 Å². The molecule has 0 aromatic heterocycles. The number of allylic oxidation sites excluding steroid dienone is 1. The fourth-order valence-electron chi connectivity index (χ4n) is 2.84. The van der Waals surface area contributed by atoms with Gasteiger partial charge in [0, 0.05) is 18.5 Å². The zero-order valence-electron chi connectivity index (χ0n) is 14.6. The van der Waals surface area contributed by atoms with Gasteiger partial charge in [-0.25, -0.2) is 0 Å². The molecule has 2 N–H and O–H groups in total. The van der Waals surface area contributed by atoms with Crippen molar-refractivity contribution in [3.8, 4) is 5.75 Å². The van der Waals surface area contributed by atoms with Crippen molar-refractivity contribution in [3.05, 3.63) is 41.5 Å². The van der Waals surface area contributed by atoms with Gasteiger partial charge in [-0.1, -0.05) is 18.6 Å². The average Bonchev–Trinajstić information content (AvgIpc) is 2.64. The van der Waals surface area contributed by atoms with Crippen molar-refractivity contribution in [1.82, 2.24) is 5.32 Å². The molecule has 0 aliphatic heterocycles. The number of hydrogen-bond donors (Lipinski definition) is 2. The van der Waals surface area contributed by atoms with Gasteiger partial charge in [0.1, 0.15) is 18.5 Å². The lowest BCUT2D eigenvalue weighted by Gasteiger charge is -2.15. The molecule has 24 heavy (non-hydrogen) atoms. The molecule has 2 rings (SSSR count). The summed E-state index contributed by atoms with van der Waals surface area (Å²) in [5.74, 6) is 0.799. The number of carbonyl (C=O) groups excluding carboxylic acids is 1. The van der Waals surface area contributed by atoms with Crippen LogP contribution in [0.3, 0.4) is 0 Å². The molecule has 0 radical (unpaired) electrons. The van der Waals surface area contributed by atoms with Crippen LogP contribution in [0.15, 0.2) is 35.9 Å². The second-order valence-corrected chi connectivity index (χ2v) is 6.33. The predicted molar refractivity (Wildman–Crippen MR) is 96.6 cm³/mol. The summed E-state index contributed by atoms with van der Waals surface area (Å²) < 4.78 is 5.57. The predicted octanol–water partition coefficient (Wildman–Crippen LogP) is 3.50. The van der Waals surface area contributed by atoms with Crippen molar-refractivity contribution in [2.24, 2.45) is 0 Å². The lowest BCUT2D eigenvalue weighted by molar-refractivity contribution is 0.0986. The molecule has 0 heterocycles. The molecule has 4 nitrogen and oxygen atoms in total. The molecule has 1 aromatic rings. The summed E-state index contributed by atoms with van der Waals surface area (Å²) >= 11 is 0. The highest BCUT2D eigenvalue weighted by atomic mass is 16.5. The van der Waals surface area contributed by atoms with Gasteiger partial charge in [0.15, 0.2) is 5.78 Å². The molecular weight excluding hydrogens is 302 g/mol. The maximum absolute atomic E-state index is 11.6. The van der Waals surface area contributed by atoms with Crippen LogP contribution >= 0.6 is 0 Å². The minimum atomic E-state index is -0.540. The number of aliphatic hydroxyl groups is 1. The Morgan fingerprint density at radius 3 is 2.75 bits per heavy atom. The molecule has 1 aromatic carbocycles. The normalized spacial score (nSPS) is 15.7. The van der Waals surface area contributed by atoms with E-state index in [1.54, 1.807) is 29.8 Å². The Morgan fingerprint density at radius 1 is 1.29 bits per heavy atom. The Balaban J connectivity index is 1.61. The molecule has 0 amide bonds. The van der Waals surface area contributed by atoms with E-state index in [0.29, 0.717) is 24.3 Å². The molecule has 1 aliphatic carbocycles. The number of Topliss-reactive ketones (excluding diaryl/α,β-unsaturated/α-hetero) is 1. The number of benzene rings is 1. The van der Waals surface area contributed by atoms with Gasteiger partial charge in [-0.05, 0) is 62.9 Å². The monoisotopic (exact) mass is 331 g/mol. The highest BCUT2D eigenvalue weighted by Gasteiger charge is 2.07. The van der Waals surface area contributed by atoms with Crippen LogP contribution in [-0.4, -0.2) is 36.7 Å². The highest BCUT2D eigenvalue weighted by Crippen LogP contribution is 2.19. The lowest BCUT2D eigenvalue weighted by Crippen LogP contribution is -2.32. The second-order valence-electron chi connectivity index (χ2n) is 6.33. The lowest BCUT2D eigenvalue weighted by atomic mass is 9.97. The van der Waals surface area contributed by atoms with Crippen molar-refractivity contribution in [2.45, 2.75) is 51.6 Å². The first-order valence-electron chi connectivity index (χ1n) is 9.01. The Labute approximate surface area is 144 Å². The topological polar surface area (TPSA) is 58.6 Å². The number of ketones is 1. The molecule has 4 heteroatoms. The fourth-order valence-corrected chi connectivity index (χ4v) is 2.84. The van der Waals surface area contributed by atoms with Crippen LogP contribution in [0.2, 0.25) is 0 Å². The zero-order valence-corrected chi connectivity index (χ0v) is 14.6. The van der Waals surface area contributed by atoms with Gasteiger partial charge in [0.25, 0.3) is 0 Å². The van der Waals surface area contributed by atoms with E-state index in [2.05, 4.69) is 11.4 Å². The van der Waals surface area contributed by atoms with Gasteiger partial charge in [-0.2, -0.15) is 0 Å². The Bertz CT molecular complexity index is 536. The molecular formula is C20H29NO3. The van der Waals surface area contributed by atoms with Crippen LogP contribution in [0.4, 0.5) is 0 Å². The molecule has 0 unspecified atom stereocenters. The van der Waals surface area contributed by atoms with Crippen LogP contribution in [0, 0.1) is 0 Å². The van der Waals surface area contributed by atoms with Crippen molar-refractivity contribution in [2.75, 3.05) is 19.7 Å². The highest BCUT2D eigenvalue weighted by molar-refractivity contribution is 5.95. The summed E-state index contributed by atoms with van der Waals surface area (Å²) in [7, 11) is 0. The molecule has 132 valence electrons. The average molecular weight is 331 g/mol. The van der Waals surface area contributed by atoms with Gasteiger partial charge in [0.05, 0.1) is 0 Å². The minimum Gasteiger partial charge on any atom is -0.491 e. The smallest absolute Gasteiger partial charge is 0.162 e. The summed E-state index contributed by atoms with van der Waals surface area (Å²) in [4.78, 5) is 11.6. The largest absolute Gasteiger partial charge is 0.491 e. The van der Waals surface area contributed by atoms with Crippen LogP contribution in [0.5, 0.6) is 5.75 Å². The number of ether oxygens (including phenoxy) is 1. The molecule has 1 aliphatic rings. The van der Waals surface area contributed by atoms with Crippen LogP contribution in [-0.2, 0) is 0 Å². The van der Waals surface area contributed by atoms with E-state index < -0.39 is 6.10 Å². The van der Waals surface area contributed by atoms with Crippen molar-refractivity contribution in [1.29, 1.82) is 0 Å². The van der Waals surface area contributed by atoms with Crippen LogP contribution in [0.25, 0.3) is 0 Å². The van der Waals surface area contributed by atoms with E-state index in [-0.39, 0.29) is 12.4 Å². The van der Waals surface area contributed by atoms with Crippen molar-refractivity contribution < 1.29 is 14.6 Å². The molecule has 0 saturated carbocycles. The van der Waals surface area contributed by atoms with E-state index >= 15 is 0 Å². The molecule has 0 saturated heterocycles. The summed E-state index contributed by atoms with van der Waals surface area (Å²) in [6.07, 6.45) is 8.46. The Kier molecular flexibility index (Phi) is 7.99. The number of carbonyl (C=O) groups is 1. The maximum Gasteiger partial charge on any atom is 0.162 e. The quantitative estimate of drug-likeness (QED) is 0.391. The van der Waals surface area contributed by atoms with Gasteiger partial charge in [0.2, 0.25) is 0 Å². The van der Waals surface area contributed by atoms with Gasteiger partial charge in [-0.15, -0.1) is 0 Å². The van der Waals surface area contributed by atoms with E-state index in [1.165, 1.54) is 25.7 Å². The molecule has 0 fully saturated rings. The third-order valence-corrected chi connectivity index (χ3v) is 4.33. The Hall–Kier alpha value is -1.65. The first-order valence-corrected chi connectivity index (χ1v) is 9.01. The summed E-state index contributed by atoms with van der Waals surface area (Å²) in [5, 5.41) is 13.3. The van der Waals surface area contributed by atoms with E-state index in [0.717, 1.165) is 13.0 Å². The Morgan fingerprint density at radius 2 is 2.08 bits per heavy atom. The number of aliphatic hydroxyl groups excluding tert-OH is 1. The van der Waals surface area contributed by atoms with Gasteiger partial charge >= 0.3 is 0 Å². The second kappa shape index (κ2) is 10.3. The van der Waals surface area contributed by atoms with Gasteiger partial charge < -0.3 is 15.2 Å². The summed E-state index contributed by atoms with van der Waals surface area (Å²) in [6.45, 7) is 3.52. The van der Waals surface area contributed by atoms with Crippen LogP contribution < -0.4 is 10.1 Å². The molecule has 0 bridgehead atoms. The van der Waals surface area contributed by atoms with Crippen molar-refractivity contribution >= 4 is 5.78 Å². The zero-order chi connectivity index (χ0) is 17.2. The number of rotatable bonds is 10. The summed E-state index contributed by atoms with van der Waals surface area (Å²) in [5.41, 5.74) is 2.24. The molecule has 0 spiro atoms. The third-order valence-electron chi connectivity index (χ3n) is 4.33. The third kappa shape index (κ3) is 6.46. The standard InChI is InChI=1S/C20H29NO3/c1-2-20(23)17-8-10-19(11-9-17)24-15-18(22)14-21-13-12-16-6-4-3-5-7-16/h6,8-11,18,21-22H,2-5,7,12-15H2,1H3/t18-/m0/s1. The fraction of sp³-hybridized carbons (Fsp3) is 0.550. The summed E-state index contributed by atoms with van der Waals surface area (Å²) in [6, 6.07) is 7.09. The van der Waals surface area contributed by atoms with Gasteiger partial charge in [-0.3, -0.25) is 4.79 Å².